The number of aldehydes is 1. The molecule has 1 aliphatic heterocycles. The molecule has 0 spiro atoms. The average Bonchev–Trinajstić information content (AvgIpc) is 2.73. The molecule has 1 aromatic rings. The standard InChI is InChI=1S/C13H20N2O/c1-3-11-8-12(13(9-16)14-11)10-4-6-15(2)7-5-10/h8-10,14H,3-7H2,1-2H3. The Morgan fingerprint density at radius 2 is 2.19 bits per heavy atom. The van der Waals surface area contributed by atoms with E-state index < -0.39 is 0 Å². The summed E-state index contributed by atoms with van der Waals surface area (Å²) in [7, 11) is 2.16. The van der Waals surface area contributed by atoms with Gasteiger partial charge in [0.1, 0.15) is 0 Å². The van der Waals surface area contributed by atoms with Crippen molar-refractivity contribution in [2.75, 3.05) is 20.1 Å². The number of carbonyl (C=O) groups excluding carboxylic acids is 1. The van der Waals surface area contributed by atoms with Gasteiger partial charge in [-0.1, -0.05) is 6.92 Å². The van der Waals surface area contributed by atoms with E-state index >= 15 is 0 Å². The van der Waals surface area contributed by atoms with Crippen LogP contribution in [0.4, 0.5) is 0 Å². The molecule has 0 bridgehead atoms. The Kier molecular flexibility index (Phi) is 3.44. The Bertz CT molecular complexity index is 362. The SMILES string of the molecule is CCc1cc(C2CCN(C)CC2)c(C=O)[nH]1. The molecule has 1 aliphatic rings. The summed E-state index contributed by atoms with van der Waals surface area (Å²) in [5.74, 6) is 0.563. The van der Waals surface area contributed by atoms with Crippen LogP contribution in [0.25, 0.3) is 0 Å². The highest BCUT2D eigenvalue weighted by molar-refractivity contribution is 5.75. The molecule has 2 rings (SSSR count). The number of nitrogens with zero attached hydrogens (tertiary/aromatic N) is 1. The number of H-pyrrole nitrogens is 1. The zero-order valence-electron chi connectivity index (χ0n) is 10.1. The van der Waals surface area contributed by atoms with E-state index in [4.69, 9.17) is 0 Å². The third-order valence-corrected chi connectivity index (χ3v) is 3.59. The molecule has 0 aliphatic carbocycles. The second kappa shape index (κ2) is 4.83. The molecule has 2 heterocycles. The Morgan fingerprint density at radius 1 is 1.50 bits per heavy atom. The zero-order chi connectivity index (χ0) is 11.5. The van der Waals surface area contributed by atoms with Gasteiger partial charge in [-0.15, -0.1) is 0 Å². The molecular weight excluding hydrogens is 200 g/mol. The van der Waals surface area contributed by atoms with Crippen LogP contribution in [-0.2, 0) is 6.42 Å². The van der Waals surface area contributed by atoms with Gasteiger partial charge in [0.2, 0.25) is 0 Å². The van der Waals surface area contributed by atoms with E-state index in [1.54, 1.807) is 0 Å². The Balaban J connectivity index is 2.18. The van der Waals surface area contributed by atoms with E-state index in [0.717, 1.165) is 31.5 Å². The lowest BCUT2D eigenvalue weighted by molar-refractivity contribution is 0.111. The number of aryl methyl sites for hydroxylation is 1. The second-order valence-electron chi connectivity index (χ2n) is 4.71. The fourth-order valence-corrected chi connectivity index (χ4v) is 2.49. The zero-order valence-corrected chi connectivity index (χ0v) is 10.1. The van der Waals surface area contributed by atoms with Crippen molar-refractivity contribution in [3.05, 3.63) is 23.0 Å². The highest BCUT2D eigenvalue weighted by Gasteiger charge is 2.22. The van der Waals surface area contributed by atoms with Crippen LogP contribution in [-0.4, -0.2) is 36.3 Å². The van der Waals surface area contributed by atoms with Crippen LogP contribution in [0.2, 0.25) is 0 Å². The monoisotopic (exact) mass is 220 g/mol. The van der Waals surface area contributed by atoms with E-state index in [-0.39, 0.29) is 0 Å². The molecule has 0 aromatic carbocycles. The number of hydrogen-bond donors (Lipinski definition) is 1. The molecule has 0 unspecified atom stereocenters. The smallest absolute Gasteiger partial charge is 0.166 e. The number of likely N-dealkylation sites (tertiary alicyclic amines) is 1. The number of aromatic amines is 1. The molecule has 3 heteroatoms. The van der Waals surface area contributed by atoms with Gasteiger partial charge in [-0.2, -0.15) is 0 Å². The van der Waals surface area contributed by atoms with Crippen LogP contribution in [0.5, 0.6) is 0 Å². The second-order valence-corrected chi connectivity index (χ2v) is 4.71. The topological polar surface area (TPSA) is 36.1 Å². The summed E-state index contributed by atoms with van der Waals surface area (Å²) in [5, 5.41) is 0. The quantitative estimate of drug-likeness (QED) is 0.793. The molecule has 0 saturated carbocycles. The normalized spacial score (nSPS) is 18.9. The fourth-order valence-electron chi connectivity index (χ4n) is 2.49. The maximum atomic E-state index is 11.0. The summed E-state index contributed by atoms with van der Waals surface area (Å²) in [6.45, 7) is 4.38. The lowest BCUT2D eigenvalue weighted by Crippen LogP contribution is -2.29. The van der Waals surface area contributed by atoms with E-state index in [1.807, 2.05) is 0 Å². The minimum absolute atomic E-state index is 0.563. The van der Waals surface area contributed by atoms with Crippen LogP contribution >= 0.6 is 0 Å². The lowest BCUT2D eigenvalue weighted by atomic mass is 9.89. The molecule has 1 N–H and O–H groups in total. The van der Waals surface area contributed by atoms with Gasteiger partial charge in [0.15, 0.2) is 6.29 Å². The summed E-state index contributed by atoms with van der Waals surface area (Å²) in [6, 6.07) is 2.18. The van der Waals surface area contributed by atoms with Crippen molar-refractivity contribution < 1.29 is 4.79 Å². The van der Waals surface area contributed by atoms with Crippen LogP contribution in [0.1, 0.15) is 47.4 Å². The molecule has 1 fully saturated rings. The number of piperidine rings is 1. The minimum Gasteiger partial charge on any atom is -0.356 e. The van der Waals surface area contributed by atoms with E-state index in [1.165, 1.54) is 24.1 Å². The van der Waals surface area contributed by atoms with Gasteiger partial charge in [-0.05, 0) is 56.9 Å². The highest BCUT2D eigenvalue weighted by Crippen LogP contribution is 2.30. The largest absolute Gasteiger partial charge is 0.356 e. The number of hydrogen-bond acceptors (Lipinski definition) is 2. The molecule has 0 radical (unpaired) electrons. The molecule has 88 valence electrons. The molecule has 0 amide bonds. The summed E-state index contributed by atoms with van der Waals surface area (Å²) in [6.07, 6.45) is 4.26. The number of rotatable bonds is 3. The van der Waals surface area contributed by atoms with Crippen LogP contribution < -0.4 is 0 Å². The number of aromatic nitrogens is 1. The van der Waals surface area contributed by atoms with Crippen LogP contribution in [0, 0.1) is 0 Å². The molecular formula is C13H20N2O. The van der Waals surface area contributed by atoms with Gasteiger partial charge in [-0.3, -0.25) is 4.79 Å². The Labute approximate surface area is 96.8 Å². The summed E-state index contributed by atoms with van der Waals surface area (Å²) < 4.78 is 0. The maximum absolute atomic E-state index is 11.0. The van der Waals surface area contributed by atoms with Crippen molar-refractivity contribution in [3.8, 4) is 0 Å². The van der Waals surface area contributed by atoms with Crippen molar-refractivity contribution in [1.82, 2.24) is 9.88 Å². The van der Waals surface area contributed by atoms with E-state index in [2.05, 4.69) is 29.9 Å². The third kappa shape index (κ3) is 2.19. The number of carbonyl (C=O) groups is 1. The van der Waals surface area contributed by atoms with Crippen molar-refractivity contribution in [2.24, 2.45) is 0 Å². The lowest BCUT2D eigenvalue weighted by Gasteiger charge is -2.28. The first kappa shape index (κ1) is 11.4. The minimum atomic E-state index is 0.563. The third-order valence-electron chi connectivity index (χ3n) is 3.59. The van der Waals surface area contributed by atoms with Crippen molar-refractivity contribution in [2.45, 2.75) is 32.1 Å². The van der Waals surface area contributed by atoms with E-state index in [9.17, 15) is 4.79 Å². The van der Waals surface area contributed by atoms with Gasteiger partial charge < -0.3 is 9.88 Å². The van der Waals surface area contributed by atoms with Gasteiger partial charge in [0, 0.05) is 5.69 Å². The molecule has 16 heavy (non-hydrogen) atoms. The predicted molar refractivity (Wildman–Crippen MR) is 65.0 cm³/mol. The van der Waals surface area contributed by atoms with Crippen molar-refractivity contribution >= 4 is 6.29 Å². The molecule has 0 atom stereocenters. The van der Waals surface area contributed by atoms with Gasteiger partial charge in [0.25, 0.3) is 0 Å². The average molecular weight is 220 g/mol. The number of nitrogens with one attached hydrogen (secondary N) is 1. The fraction of sp³-hybridized carbons (Fsp3) is 0.615. The summed E-state index contributed by atoms with van der Waals surface area (Å²) in [4.78, 5) is 16.6. The first-order valence-corrected chi connectivity index (χ1v) is 6.10. The summed E-state index contributed by atoms with van der Waals surface area (Å²) >= 11 is 0. The molecule has 3 nitrogen and oxygen atoms in total. The molecule has 1 saturated heterocycles. The van der Waals surface area contributed by atoms with Crippen molar-refractivity contribution in [1.29, 1.82) is 0 Å². The van der Waals surface area contributed by atoms with Gasteiger partial charge in [0.05, 0.1) is 5.69 Å². The van der Waals surface area contributed by atoms with Gasteiger partial charge >= 0.3 is 0 Å². The first-order chi connectivity index (χ1) is 7.74. The summed E-state index contributed by atoms with van der Waals surface area (Å²) in [5.41, 5.74) is 3.21. The Hall–Kier alpha value is -1.09. The van der Waals surface area contributed by atoms with Crippen LogP contribution in [0.3, 0.4) is 0 Å². The van der Waals surface area contributed by atoms with Crippen LogP contribution in [0.15, 0.2) is 6.07 Å². The van der Waals surface area contributed by atoms with Gasteiger partial charge in [-0.25, -0.2) is 0 Å². The Morgan fingerprint density at radius 3 is 2.75 bits per heavy atom. The first-order valence-electron chi connectivity index (χ1n) is 6.10. The molecule has 1 aromatic heterocycles. The highest BCUT2D eigenvalue weighted by atomic mass is 16.1. The van der Waals surface area contributed by atoms with Crippen molar-refractivity contribution in [3.63, 3.8) is 0 Å². The van der Waals surface area contributed by atoms with E-state index in [0.29, 0.717) is 5.92 Å². The maximum Gasteiger partial charge on any atom is 0.166 e. The predicted octanol–water partition coefficient (Wildman–Crippen LogP) is 2.20.